The third kappa shape index (κ3) is 4.46. The van der Waals surface area contributed by atoms with Crippen LogP contribution in [0.3, 0.4) is 0 Å². The van der Waals surface area contributed by atoms with Gasteiger partial charge in [0.25, 0.3) is 0 Å². The Kier molecular flexibility index (Phi) is 5.39. The molecular weight excluding hydrogens is 256 g/mol. The second kappa shape index (κ2) is 6.22. The van der Waals surface area contributed by atoms with Crippen LogP contribution in [-0.4, -0.2) is 26.5 Å². The van der Waals surface area contributed by atoms with Gasteiger partial charge in [0.1, 0.15) is 6.10 Å². The van der Waals surface area contributed by atoms with E-state index in [0.717, 1.165) is 19.3 Å². The summed E-state index contributed by atoms with van der Waals surface area (Å²) in [4.78, 5) is 11.5. The quantitative estimate of drug-likeness (QED) is 0.319. The van der Waals surface area contributed by atoms with E-state index in [9.17, 15) is 4.79 Å². The van der Waals surface area contributed by atoms with Gasteiger partial charge in [-0.2, -0.15) is 0 Å². The molecule has 4 heteroatoms. The van der Waals surface area contributed by atoms with Gasteiger partial charge in [0.2, 0.25) is 0 Å². The molecule has 0 amide bonds. The predicted molar refractivity (Wildman–Crippen MR) is 80.6 cm³/mol. The Bertz CT molecular complexity index is 331. The van der Waals surface area contributed by atoms with Gasteiger partial charge in [-0.1, -0.05) is 26.8 Å². The Morgan fingerprint density at radius 2 is 2.11 bits per heavy atom. The standard InChI is InChI=1S/C15H28O3Si/c1-7-8-9-10-12-13(11-14(16)17-12)18-19(5,6)15(2,3)4/h7,12-13H,1,8-11H2,2-6H3/t12-,13+/m1/s1. The summed E-state index contributed by atoms with van der Waals surface area (Å²) in [5, 5.41) is 0.157. The smallest absolute Gasteiger partial charge is 0.308 e. The fraction of sp³-hybridized carbons (Fsp3) is 0.800. The first-order valence-electron chi connectivity index (χ1n) is 7.15. The number of esters is 1. The highest BCUT2D eigenvalue weighted by Crippen LogP contribution is 2.39. The zero-order valence-corrected chi connectivity index (χ0v) is 14.0. The van der Waals surface area contributed by atoms with E-state index in [1.54, 1.807) is 0 Å². The maximum Gasteiger partial charge on any atom is 0.308 e. The summed E-state index contributed by atoms with van der Waals surface area (Å²) in [5.74, 6) is -0.118. The third-order valence-electron chi connectivity index (χ3n) is 4.21. The fourth-order valence-corrected chi connectivity index (χ4v) is 3.32. The first-order valence-corrected chi connectivity index (χ1v) is 10.1. The van der Waals surface area contributed by atoms with Crippen LogP contribution in [0.2, 0.25) is 18.1 Å². The molecule has 0 radical (unpaired) electrons. The number of carbonyl (C=O) groups is 1. The molecule has 1 heterocycles. The summed E-state index contributed by atoms with van der Waals surface area (Å²) in [6.07, 6.45) is 5.02. The van der Waals surface area contributed by atoms with Crippen LogP contribution in [0.15, 0.2) is 12.7 Å². The van der Waals surface area contributed by atoms with E-state index < -0.39 is 8.32 Å². The van der Waals surface area contributed by atoms with Gasteiger partial charge in [0, 0.05) is 0 Å². The Balaban J connectivity index is 2.64. The number of allylic oxidation sites excluding steroid dienone is 1. The third-order valence-corrected chi connectivity index (χ3v) is 8.72. The number of unbranched alkanes of at least 4 members (excludes halogenated alkanes) is 1. The summed E-state index contributed by atoms with van der Waals surface area (Å²) in [6.45, 7) is 14.8. The number of rotatable bonds is 6. The van der Waals surface area contributed by atoms with Crippen molar-refractivity contribution in [3.05, 3.63) is 12.7 Å². The molecule has 1 aliphatic rings. The van der Waals surface area contributed by atoms with Gasteiger partial charge >= 0.3 is 5.97 Å². The Morgan fingerprint density at radius 3 is 2.63 bits per heavy atom. The second-order valence-corrected chi connectivity index (χ2v) is 11.6. The average molecular weight is 284 g/mol. The molecule has 0 N–H and O–H groups in total. The lowest BCUT2D eigenvalue weighted by atomic mass is 10.1. The largest absolute Gasteiger partial charge is 0.460 e. The highest BCUT2D eigenvalue weighted by molar-refractivity contribution is 6.74. The Hall–Kier alpha value is -0.613. The maximum atomic E-state index is 11.5. The van der Waals surface area contributed by atoms with E-state index in [4.69, 9.17) is 9.16 Å². The Morgan fingerprint density at radius 1 is 1.47 bits per heavy atom. The zero-order chi connectivity index (χ0) is 14.7. The van der Waals surface area contributed by atoms with Gasteiger partial charge in [0.15, 0.2) is 8.32 Å². The van der Waals surface area contributed by atoms with Crippen molar-refractivity contribution in [2.45, 2.75) is 76.8 Å². The molecule has 19 heavy (non-hydrogen) atoms. The summed E-state index contributed by atoms with van der Waals surface area (Å²) >= 11 is 0. The normalized spacial score (nSPS) is 24.4. The number of ether oxygens (including phenoxy) is 1. The lowest BCUT2D eigenvalue weighted by Crippen LogP contribution is -2.45. The van der Waals surface area contributed by atoms with Crippen LogP contribution in [0.1, 0.15) is 46.5 Å². The molecule has 1 saturated heterocycles. The van der Waals surface area contributed by atoms with Crippen LogP contribution in [0, 0.1) is 0 Å². The molecule has 0 bridgehead atoms. The topological polar surface area (TPSA) is 35.5 Å². The molecule has 1 fully saturated rings. The van der Waals surface area contributed by atoms with E-state index in [2.05, 4.69) is 40.4 Å². The summed E-state index contributed by atoms with van der Waals surface area (Å²) in [5.41, 5.74) is 0. The minimum Gasteiger partial charge on any atom is -0.460 e. The van der Waals surface area contributed by atoms with Gasteiger partial charge in [-0.05, 0) is 37.4 Å². The highest BCUT2D eigenvalue weighted by Gasteiger charge is 2.44. The van der Waals surface area contributed by atoms with Crippen molar-refractivity contribution < 1.29 is 14.0 Å². The molecule has 0 aromatic heterocycles. The van der Waals surface area contributed by atoms with Crippen molar-refractivity contribution in [2.75, 3.05) is 0 Å². The van der Waals surface area contributed by atoms with Crippen molar-refractivity contribution in [3.8, 4) is 0 Å². The molecule has 2 atom stereocenters. The van der Waals surface area contributed by atoms with Crippen molar-refractivity contribution in [1.29, 1.82) is 0 Å². The van der Waals surface area contributed by atoms with Crippen LogP contribution < -0.4 is 0 Å². The van der Waals surface area contributed by atoms with Gasteiger partial charge in [-0.25, -0.2) is 0 Å². The molecule has 0 aromatic carbocycles. The molecule has 0 aromatic rings. The molecule has 0 aliphatic carbocycles. The highest BCUT2D eigenvalue weighted by atomic mass is 28.4. The van der Waals surface area contributed by atoms with E-state index in [-0.39, 0.29) is 23.2 Å². The molecule has 0 unspecified atom stereocenters. The monoisotopic (exact) mass is 284 g/mol. The van der Waals surface area contributed by atoms with Gasteiger partial charge in [0.05, 0.1) is 12.5 Å². The number of hydrogen-bond acceptors (Lipinski definition) is 3. The lowest BCUT2D eigenvalue weighted by molar-refractivity contribution is -0.141. The predicted octanol–water partition coefficient (Wildman–Crippen LogP) is 4.05. The minimum absolute atomic E-state index is 0.0572. The van der Waals surface area contributed by atoms with Gasteiger partial charge in [-0.3, -0.25) is 4.79 Å². The van der Waals surface area contributed by atoms with Crippen molar-refractivity contribution in [3.63, 3.8) is 0 Å². The lowest BCUT2D eigenvalue weighted by Gasteiger charge is -2.39. The van der Waals surface area contributed by atoms with Gasteiger partial charge in [-0.15, -0.1) is 6.58 Å². The fourth-order valence-electron chi connectivity index (χ4n) is 1.97. The van der Waals surface area contributed by atoms with Crippen LogP contribution in [-0.2, 0) is 14.0 Å². The van der Waals surface area contributed by atoms with Crippen LogP contribution in [0.4, 0.5) is 0 Å². The van der Waals surface area contributed by atoms with Crippen LogP contribution in [0.5, 0.6) is 0 Å². The second-order valence-electron chi connectivity index (χ2n) is 6.87. The van der Waals surface area contributed by atoms with Crippen LogP contribution in [0.25, 0.3) is 0 Å². The number of hydrogen-bond donors (Lipinski definition) is 0. The van der Waals surface area contributed by atoms with E-state index in [1.807, 2.05) is 6.08 Å². The maximum absolute atomic E-state index is 11.5. The van der Waals surface area contributed by atoms with Gasteiger partial charge < -0.3 is 9.16 Å². The molecule has 1 rings (SSSR count). The van der Waals surface area contributed by atoms with E-state index in [0.29, 0.717) is 6.42 Å². The van der Waals surface area contributed by atoms with Crippen molar-refractivity contribution in [1.82, 2.24) is 0 Å². The Labute approximate surface area is 118 Å². The number of cyclic esters (lactones) is 1. The summed E-state index contributed by atoms with van der Waals surface area (Å²) in [7, 11) is -1.84. The zero-order valence-electron chi connectivity index (χ0n) is 13.0. The van der Waals surface area contributed by atoms with Crippen molar-refractivity contribution >= 4 is 14.3 Å². The SMILES string of the molecule is C=CCCC[C@H]1OC(=O)C[C@@H]1O[Si](C)(C)C(C)(C)C. The molecule has 0 spiro atoms. The average Bonchev–Trinajstić information content (AvgIpc) is 2.57. The van der Waals surface area contributed by atoms with Crippen molar-refractivity contribution in [2.24, 2.45) is 0 Å². The first kappa shape index (κ1) is 16.4. The van der Waals surface area contributed by atoms with Crippen LogP contribution >= 0.6 is 0 Å². The summed E-state index contributed by atoms with van der Waals surface area (Å²) < 4.78 is 11.7. The van der Waals surface area contributed by atoms with E-state index in [1.165, 1.54) is 0 Å². The summed E-state index contributed by atoms with van der Waals surface area (Å²) in [6, 6.07) is 0. The molecule has 1 aliphatic heterocycles. The molecule has 3 nitrogen and oxygen atoms in total. The number of carbonyl (C=O) groups excluding carboxylic acids is 1. The first-order chi connectivity index (χ1) is 8.67. The molecule has 110 valence electrons. The molecule has 0 saturated carbocycles. The minimum atomic E-state index is -1.84. The van der Waals surface area contributed by atoms with E-state index >= 15 is 0 Å². The molecular formula is C15H28O3Si.